The summed E-state index contributed by atoms with van der Waals surface area (Å²) in [6.45, 7) is 23.3. The molecule has 1 unspecified atom stereocenters. The molecule has 300 valence electrons. The summed E-state index contributed by atoms with van der Waals surface area (Å²) in [5.41, 5.74) is 4.89. The fourth-order valence-corrected chi connectivity index (χ4v) is 6.54. The van der Waals surface area contributed by atoms with Crippen LogP contribution in [0.4, 0.5) is 11.6 Å². The van der Waals surface area contributed by atoms with Gasteiger partial charge < -0.3 is 19.0 Å². The van der Waals surface area contributed by atoms with Crippen molar-refractivity contribution in [1.82, 2.24) is 39.5 Å². The minimum atomic E-state index is -0.403. The third kappa shape index (κ3) is 9.48. The highest BCUT2D eigenvalue weighted by Gasteiger charge is 2.44. The van der Waals surface area contributed by atoms with Gasteiger partial charge in [0.05, 0.1) is 40.8 Å². The Kier molecular flexibility index (Phi) is 12.3. The van der Waals surface area contributed by atoms with Gasteiger partial charge in [0.2, 0.25) is 11.6 Å². The molecule has 0 aliphatic carbocycles. The molecule has 9 rings (SSSR count). The molecule has 1 fully saturated rings. The van der Waals surface area contributed by atoms with Gasteiger partial charge in [-0.2, -0.15) is 19.6 Å². The van der Waals surface area contributed by atoms with E-state index in [1.165, 1.54) is 13.8 Å². The van der Waals surface area contributed by atoms with Crippen molar-refractivity contribution in [3.8, 4) is 22.9 Å². The van der Waals surface area contributed by atoms with Gasteiger partial charge in [-0.15, -0.1) is 9.97 Å². The number of hydrogen-bond acceptors (Lipinski definition) is 10. The lowest BCUT2D eigenvalue weighted by atomic mass is 9.79. The van der Waals surface area contributed by atoms with Gasteiger partial charge in [-0.3, -0.25) is 9.59 Å². The van der Waals surface area contributed by atoms with Crippen LogP contribution >= 0.6 is 15.9 Å². The Bertz CT molecular complexity index is 3030. The van der Waals surface area contributed by atoms with Gasteiger partial charge in [0.1, 0.15) is 16.0 Å². The van der Waals surface area contributed by atoms with Crippen LogP contribution in [0.25, 0.3) is 54.4 Å². The van der Waals surface area contributed by atoms with Crippen LogP contribution in [0.3, 0.4) is 0 Å². The van der Waals surface area contributed by atoms with Gasteiger partial charge in [-0.05, 0) is 90.7 Å². The van der Waals surface area contributed by atoms with Gasteiger partial charge in [0, 0.05) is 42.3 Å². The summed E-state index contributed by atoms with van der Waals surface area (Å²) in [5, 5.41) is 10.8. The number of halogens is 1. The van der Waals surface area contributed by atoms with Crippen LogP contribution in [0.5, 0.6) is 0 Å². The van der Waals surface area contributed by atoms with Crippen molar-refractivity contribution in [2.45, 2.75) is 46.3 Å². The van der Waals surface area contributed by atoms with Gasteiger partial charge >= 0.3 is 7.12 Å². The number of ketones is 2. The third-order valence-corrected chi connectivity index (χ3v) is 10.2. The Morgan fingerprint density at radius 2 is 1.25 bits per heavy atom. The van der Waals surface area contributed by atoms with Gasteiger partial charge in [0.25, 0.3) is 11.6 Å². The summed E-state index contributed by atoms with van der Waals surface area (Å²) in [6, 6.07) is 33.1. The molecule has 0 spiro atoms. The highest BCUT2D eigenvalue weighted by atomic mass is 79.9. The highest BCUT2D eigenvalue weighted by Crippen LogP contribution is 2.28. The monoisotopic (exact) mass is 870 g/mol. The summed E-state index contributed by atoms with van der Waals surface area (Å²) >= 11 is 3.17. The summed E-state index contributed by atoms with van der Waals surface area (Å²) in [6.07, 6.45) is 3.55. The van der Waals surface area contributed by atoms with Crippen molar-refractivity contribution in [3.05, 3.63) is 160 Å². The summed E-state index contributed by atoms with van der Waals surface area (Å²) in [4.78, 5) is 46.1. The van der Waals surface area contributed by atoms with Crippen LogP contribution in [0, 0.1) is 13.1 Å². The first kappa shape index (κ1) is 41.9. The minimum absolute atomic E-state index is 0.00937. The Hall–Kier alpha value is -7.24. The number of benzene rings is 2. The molecule has 8 aromatic rings. The van der Waals surface area contributed by atoms with E-state index in [1.807, 2.05) is 81.4 Å². The maximum absolute atomic E-state index is 11.6. The number of aromatic nitrogens is 8. The first-order valence-corrected chi connectivity index (χ1v) is 19.7. The van der Waals surface area contributed by atoms with E-state index in [-0.39, 0.29) is 23.3 Å². The molecule has 0 radical (unpaired) electrons. The molecule has 1 saturated heterocycles. The lowest BCUT2D eigenvalue weighted by Crippen LogP contribution is -2.34. The van der Waals surface area contributed by atoms with Crippen LogP contribution in [0.2, 0.25) is 0 Å². The molecule has 6 aromatic heterocycles. The zero-order valence-corrected chi connectivity index (χ0v) is 35.3. The molecule has 7 heterocycles. The average Bonchev–Trinajstić information content (AvgIpc) is 3.98. The smallest absolute Gasteiger partial charge is 0.402 e. The van der Waals surface area contributed by atoms with Crippen LogP contribution < -0.4 is 5.46 Å². The van der Waals surface area contributed by atoms with Crippen LogP contribution in [-0.2, 0) is 9.31 Å². The maximum Gasteiger partial charge on any atom is 0.494 e. The van der Waals surface area contributed by atoms with E-state index >= 15 is 0 Å². The van der Waals surface area contributed by atoms with E-state index in [0.29, 0.717) is 39.3 Å². The van der Waals surface area contributed by atoms with Crippen LogP contribution in [0.15, 0.2) is 126 Å². The molecule has 14 nitrogen and oxygen atoms in total. The molecular weight excluding hydrogens is 835 g/mol. The second-order valence-corrected chi connectivity index (χ2v) is 15.1. The van der Waals surface area contributed by atoms with Crippen molar-refractivity contribution in [2.24, 2.45) is 0 Å². The number of nitrogens with zero attached hydrogens (tertiary/aromatic N) is 10. The molecular formula is C45H36BBrN10O4. The fourth-order valence-electron chi connectivity index (χ4n) is 6.20. The SMILES string of the molecule is CC(=O)c1cccc(Br)n1.[C-]#[N+]c1cccc(-n2ncc3ccc(-c4cccc(C(C)=O)n4)cc32)n1.[C-]#[N+]c1cccc(-n2ncc3ccc(B4OC(C)C(C)(C)O4)cc32)n1. The van der Waals surface area contributed by atoms with E-state index in [9.17, 15) is 9.59 Å². The quantitative estimate of drug-likeness (QED) is 0.0686. The molecule has 61 heavy (non-hydrogen) atoms. The number of hydrogen-bond donors (Lipinski definition) is 0. The van der Waals surface area contributed by atoms with Crippen molar-refractivity contribution in [3.63, 3.8) is 0 Å². The average molecular weight is 872 g/mol. The van der Waals surface area contributed by atoms with E-state index in [0.717, 1.165) is 38.5 Å². The Labute approximate surface area is 360 Å². The largest absolute Gasteiger partial charge is 0.494 e. The lowest BCUT2D eigenvalue weighted by molar-refractivity contribution is 0.0842. The van der Waals surface area contributed by atoms with Crippen molar-refractivity contribution < 1.29 is 18.9 Å². The van der Waals surface area contributed by atoms with Crippen molar-refractivity contribution in [1.29, 1.82) is 0 Å². The predicted octanol–water partition coefficient (Wildman–Crippen LogP) is 9.16. The summed E-state index contributed by atoms with van der Waals surface area (Å²) in [5.74, 6) is 1.77. The van der Waals surface area contributed by atoms with Crippen LogP contribution in [0.1, 0.15) is 55.6 Å². The summed E-state index contributed by atoms with van der Waals surface area (Å²) < 4.78 is 16.1. The molecule has 1 aliphatic heterocycles. The molecule has 1 atom stereocenters. The van der Waals surface area contributed by atoms with Crippen molar-refractivity contribution >= 4 is 73.5 Å². The molecule has 16 heteroatoms. The van der Waals surface area contributed by atoms with E-state index in [1.54, 1.807) is 70.3 Å². The van der Waals surface area contributed by atoms with Gasteiger partial charge in [0.15, 0.2) is 11.6 Å². The highest BCUT2D eigenvalue weighted by molar-refractivity contribution is 9.10. The van der Waals surface area contributed by atoms with E-state index in [2.05, 4.69) is 55.8 Å². The number of carbonyl (C=O) groups is 2. The minimum Gasteiger partial charge on any atom is -0.402 e. The molecule has 0 N–H and O–H groups in total. The normalized spacial score (nSPS) is 14.0. The predicted molar refractivity (Wildman–Crippen MR) is 237 cm³/mol. The zero-order chi connectivity index (χ0) is 43.3. The molecule has 2 aromatic carbocycles. The van der Waals surface area contributed by atoms with E-state index in [4.69, 9.17) is 22.5 Å². The first-order chi connectivity index (χ1) is 29.3. The summed E-state index contributed by atoms with van der Waals surface area (Å²) in [7, 11) is -0.403. The van der Waals surface area contributed by atoms with Gasteiger partial charge in [-0.1, -0.05) is 61.7 Å². The Balaban J connectivity index is 0.000000151. The number of fused-ring (bicyclic) bond motifs is 2. The molecule has 0 amide bonds. The van der Waals surface area contributed by atoms with E-state index < -0.39 is 7.12 Å². The molecule has 0 saturated carbocycles. The Morgan fingerprint density at radius 1 is 0.705 bits per heavy atom. The maximum atomic E-state index is 11.6. The zero-order valence-electron chi connectivity index (χ0n) is 33.7. The number of pyridine rings is 4. The number of Topliss-reactive ketones (excluding diaryl/α,β-unsaturated/α-hetero) is 2. The van der Waals surface area contributed by atoms with Crippen LogP contribution in [-0.4, -0.2) is 69.9 Å². The third-order valence-electron chi connectivity index (χ3n) is 9.74. The fraction of sp³-hybridized carbons (Fsp3) is 0.156. The topological polar surface area (TPSA) is 149 Å². The molecule has 1 aliphatic rings. The van der Waals surface area contributed by atoms with Crippen molar-refractivity contribution in [2.75, 3.05) is 0 Å². The first-order valence-electron chi connectivity index (χ1n) is 18.9. The lowest BCUT2D eigenvalue weighted by Gasteiger charge is -2.21. The standard InChI is InChI=1S/C20H13N5O.C18H17BN4O2.C7H6BrNO/c1-13(26)16-5-3-6-17(23-16)14-9-10-15-12-22-25(18(15)11-14)20-8-4-7-19(21-2)24-20;1-12-18(2,3)25-19(24-12)14-9-8-13-11-21-23(15(13)10-14)17-7-5-6-16(20-4)22-17;1-5(10)6-3-2-4-7(8)9-6/h3-12H,1H3;5-12H,1-3H3;2-4H,1H3. The second-order valence-electron chi connectivity index (χ2n) is 14.3. The number of rotatable bonds is 6. The molecule has 0 bridgehead atoms. The second kappa shape index (κ2) is 17.9. The van der Waals surface area contributed by atoms with Gasteiger partial charge in [-0.25, -0.2) is 9.97 Å². The number of carbonyl (C=O) groups excluding carboxylic acids is 2. The Morgan fingerprint density at radius 3 is 1.77 bits per heavy atom.